The first-order valence-corrected chi connectivity index (χ1v) is 7.79. The van der Waals surface area contributed by atoms with Gasteiger partial charge in [0.2, 0.25) is 5.91 Å². The number of hydrogen-bond acceptors (Lipinski definition) is 5. The highest BCUT2D eigenvalue weighted by Crippen LogP contribution is 2.16. The van der Waals surface area contributed by atoms with Crippen LogP contribution < -0.4 is 10.2 Å². The number of esters is 1. The van der Waals surface area contributed by atoms with Crippen LogP contribution in [-0.4, -0.2) is 32.1 Å². The van der Waals surface area contributed by atoms with Crippen LogP contribution in [0.5, 0.6) is 0 Å². The molecule has 0 bridgehead atoms. The van der Waals surface area contributed by atoms with Crippen molar-refractivity contribution in [2.24, 2.45) is 0 Å². The molecule has 0 aliphatic rings. The molecule has 1 amide bonds. The third-order valence-corrected chi connectivity index (χ3v) is 3.67. The van der Waals surface area contributed by atoms with E-state index in [0.29, 0.717) is 17.1 Å². The van der Waals surface area contributed by atoms with Gasteiger partial charge >= 0.3 is 5.97 Å². The highest BCUT2D eigenvalue weighted by molar-refractivity contribution is 5.90. The Bertz CT molecular complexity index is 694. The number of anilines is 1. The molecule has 0 fully saturated rings. The summed E-state index contributed by atoms with van der Waals surface area (Å²) in [4.78, 5) is 25.7. The number of carbonyl (C=O) groups excluding carboxylic acids is 2. The van der Waals surface area contributed by atoms with Crippen LogP contribution in [0.1, 0.15) is 28.8 Å². The Morgan fingerprint density at radius 3 is 2.58 bits per heavy atom. The van der Waals surface area contributed by atoms with Crippen molar-refractivity contribution in [1.82, 2.24) is 5.32 Å². The first-order valence-electron chi connectivity index (χ1n) is 7.79. The molecule has 1 aromatic heterocycles. The third kappa shape index (κ3) is 4.38. The number of nitrogens with one attached hydrogen (secondary N) is 1. The summed E-state index contributed by atoms with van der Waals surface area (Å²) < 4.78 is 10.2. The molecule has 128 valence electrons. The molecule has 0 atom stereocenters. The van der Waals surface area contributed by atoms with Crippen molar-refractivity contribution >= 4 is 17.6 Å². The maximum atomic E-state index is 12.2. The third-order valence-electron chi connectivity index (χ3n) is 3.67. The molecule has 2 aromatic rings. The zero-order valence-corrected chi connectivity index (χ0v) is 14.2. The van der Waals surface area contributed by atoms with E-state index in [2.05, 4.69) is 10.1 Å². The van der Waals surface area contributed by atoms with Gasteiger partial charge in [-0.2, -0.15) is 0 Å². The quantitative estimate of drug-likeness (QED) is 0.790. The fourth-order valence-electron chi connectivity index (χ4n) is 2.38. The van der Waals surface area contributed by atoms with Gasteiger partial charge in [-0.15, -0.1) is 0 Å². The molecule has 0 aliphatic heterocycles. The van der Waals surface area contributed by atoms with Gasteiger partial charge in [0, 0.05) is 12.2 Å². The van der Waals surface area contributed by atoms with Crippen LogP contribution in [0.4, 0.5) is 5.69 Å². The standard InChI is InChI=1S/C18H22N2O4/c1-4-20(14-8-6-5-7-9-14)12-17(21)19-11-15-10-16(13(2)24-15)18(22)23-3/h5-10H,4,11-12H2,1-3H3,(H,19,21). The van der Waals surface area contributed by atoms with E-state index in [1.807, 2.05) is 42.2 Å². The number of nitrogens with zero attached hydrogens (tertiary/aromatic N) is 1. The maximum Gasteiger partial charge on any atom is 0.341 e. The molecular formula is C18H22N2O4. The number of rotatable bonds is 7. The molecular weight excluding hydrogens is 308 g/mol. The summed E-state index contributed by atoms with van der Waals surface area (Å²) in [7, 11) is 1.32. The van der Waals surface area contributed by atoms with Crippen LogP contribution in [0, 0.1) is 6.92 Å². The van der Waals surface area contributed by atoms with Crippen molar-refractivity contribution in [2.75, 3.05) is 25.1 Å². The minimum absolute atomic E-state index is 0.116. The second-order valence-corrected chi connectivity index (χ2v) is 5.30. The van der Waals surface area contributed by atoms with Crippen LogP contribution in [0.3, 0.4) is 0 Å². The lowest BCUT2D eigenvalue weighted by Gasteiger charge is -2.22. The van der Waals surface area contributed by atoms with E-state index in [9.17, 15) is 9.59 Å². The molecule has 24 heavy (non-hydrogen) atoms. The van der Waals surface area contributed by atoms with Crippen molar-refractivity contribution < 1.29 is 18.7 Å². The molecule has 6 nitrogen and oxygen atoms in total. The van der Waals surface area contributed by atoms with Gasteiger partial charge in [-0.05, 0) is 32.0 Å². The van der Waals surface area contributed by atoms with E-state index in [-0.39, 0.29) is 19.0 Å². The summed E-state index contributed by atoms with van der Waals surface area (Å²) in [5, 5.41) is 2.80. The minimum atomic E-state index is -0.449. The summed E-state index contributed by atoms with van der Waals surface area (Å²) in [6.07, 6.45) is 0. The second-order valence-electron chi connectivity index (χ2n) is 5.30. The molecule has 2 rings (SSSR count). The zero-order chi connectivity index (χ0) is 17.5. The van der Waals surface area contributed by atoms with Gasteiger partial charge in [0.15, 0.2) is 0 Å². The van der Waals surface area contributed by atoms with Crippen molar-refractivity contribution in [3.05, 3.63) is 53.5 Å². The Balaban J connectivity index is 1.92. The molecule has 1 N–H and O–H groups in total. The van der Waals surface area contributed by atoms with Crippen LogP contribution in [0.2, 0.25) is 0 Å². The maximum absolute atomic E-state index is 12.2. The number of furan rings is 1. The topological polar surface area (TPSA) is 71.8 Å². The Hall–Kier alpha value is -2.76. The number of hydrogen-bond donors (Lipinski definition) is 1. The molecule has 0 unspecified atom stereocenters. The predicted molar refractivity (Wildman–Crippen MR) is 91.0 cm³/mol. The highest BCUT2D eigenvalue weighted by atomic mass is 16.5. The number of methoxy groups -OCH3 is 1. The van der Waals surface area contributed by atoms with Gasteiger partial charge in [0.25, 0.3) is 0 Å². The van der Waals surface area contributed by atoms with E-state index in [4.69, 9.17) is 4.42 Å². The van der Waals surface area contributed by atoms with Crippen LogP contribution in [-0.2, 0) is 16.1 Å². The second kappa shape index (κ2) is 8.19. The molecule has 0 radical (unpaired) electrons. The van der Waals surface area contributed by atoms with Crippen LogP contribution in [0.15, 0.2) is 40.8 Å². The number of carbonyl (C=O) groups is 2. The largest absolute Gasteiger partial charge is 0.465 e. The Kier molecular flexibility index (Phi) is 6.01. The van der Waals surface area contributed by atoms with Crippen molar-refractivity contribution in [1.29, 1.82) is 0 Å². The van der Waals surface area contributed by atoms with Gasteiger partial charge in [-0.3, -0.25) is 4.79 Å². The first-order chi connectivity index (χ1) is 11.5. The highest BCUT2D eigenvalue weighted by Gasteiger charge is 2.16. The zero-order valence-electron chi connectivity index (χ0n) is 14.2. The number of benzene rings is 1. The molecule has 0 saturated carbocycles. The van der Waals surface area contributed by atoms with Crippen molar-refractivity contribution in [2.45, 2.75) is 20.4 Å². The normalized spacial score (nSPS) is 10.3. The number of para-hydroxylation sites is 1. The molecule has 6 heteroatoms. The lowest BCUT2D eigenvalue weighted by molar-refractivity contribution is -0.120. The molecule has 0 saturated heterocycles. The summed E-state index contributed by atoms with van der Waals surface area (Å²) in [6.45, 7) is 4.89. The number of aryl methyl sites for hydroxylation is 1. The lowest BCUT2D eigenvalue weighted by Crippen LogP contribution is -2.36. The summed E-state index contributed by atoms with van der Waals surface area (Å²) in [5.41, 5.74) is 1.37. The summed E-state index contributed by atoms with van der Waals surface area (Å²) in [5.74, 6) is 0.430. The van der Waals surface area contributed by atoms with Crippen molar-refractivity contribution in [3.63, 3.8) is 0 Å². The van der Waals surface area contributed by atoms with Gasteiger partial charge in [-0.1, -0.05) is 18.2 Å². The van der Waals surface area contributed by atoms with Gasteiger partial charge in [-0.25, -0.2) is 4.79 Å². The number of likely N-dealkylation sites (N-methyl/N-ethyl adjacent to an activating group) is 1. The average Bonchev–Trinajstić information content (AvgIpc) is 2.98. The summed E-state index contributed by atoms with van der Waals surface area (Å²) in [6, 6.07) is 11.3. The van der Waals surface area contributed by atoms with E-state index in [1.165, 1.54) is 7.11 Å². The molecule has 1 aromatic carbocycles. The van der Waals surface area contributed by atoms with E-state index in [1.54, 1.807) is 13.0 Å². The lowest BCUT2D eigenvalue weighted by atomic mass is 10.2. The Labute approximate surface area is 141 Å². The number of amides is 1. The van der Waals surface area contributed by atoms with Gasteiger partial charge < -0.3 is 19.4 Å². The molecule has 0 aliphatic carbocycles. The fraction of sp³-hybridized carbons (Fsp3) is 0.333. The van der Waals surface area contributed by atoms with E-state index < -0.39 is 5.97 Å². The van der Waals surface area contributed by atoms with Gasteiger partial charge in [0.1, 0.15) is 17.1 Å². The smallest absolute Gasteiger partial charge is 0.341 e. The first kappa shape index (κ1) is 17.6. The monoisotopic (exact) mass is 330 g/mol. The van der Waals surface area contributed by atoms with Crippen LogP contribution in [0.25, 0.3) is 0 Å². The SMILES string of the molecule is CCN(CC(=O)NCc1cc(C(=O)OC)c(C)o1)c1ccccc1. The van der Waals surface area contributed by atoms with Crippen LogP contribution >= 0.6 is 0 Å². The fourth-order valence-corrected chi connectivity index (χ4v) is 2.38. The Morgan fingerprint density at radius 1 is 1.25 bits per heavy atom. The average molecular weight is 330 g/mol. The van der Waals surface area contributed by atoms with E-state index >= 15 is 0 Å². The van der Waals surface area contributed by atoms with Crippen molar-refractivity contribution in [3.8, 4) is 0 Å². The minimum Gasteiger partial charge on any atom is -0.465 e. The van der Waals surface area contributed by atoms with E-state index in [0.717, 1.165) is 12.2 Å². The number of ether oxygens (including phenoxy) is 1. The summed E-state index contributed by atoms with van der Waals surface area (Å²) >= 11 is 0. The molecule has 1 heterocycles. The molecule has 0 spiro atoms. The van der Waals surface area contributed by atoms with Gasteiger partial charge in [0.05, 0.1) is 20.2 Å². The predicted octanol–water partition coefficient (Wildman–Crippen LogP) is 2.52. The Morgan fingerprint density at radius 2 is 1.96 bits per heavy atom.